The Kier molecular flexibility index (Phi) is 4.72. The molecule has 0 saturated heterocycles. The highest BCUT2D eigenvalue weighted by Gasteiger charge is 2.29. The fraction of sp³-hybridized carbons (Fsp3) is 0.500. The SMILES string of the molecule is CCN(CCC(F)(F)F)C(=O)c1ccc2c(c1)COCO2. The maximum atomic E-state index is 12.3. The molecule has 0 atom stereocenters. The molecule has 1 aliphatic heterocycles. The first-order valence-electron chi connectivity index (χ1n) is 6.60. The number of hydrogen-bond donors (Lipinski definition) is 0. The van der Waals surface area contributed by atoms with Crippen LogP contribution in [0.3, 0.4) is 0 Å². The topological polar surface area (TPSA) is 38.8 Å². The molecule has 7 heteroatoms. The second-order valence-electron chi connectivity index (χ2n) is 4.68. The van der Waals surface area contributed by atoms with E-state index in [9.17, 15) is 18.0 Å². The Balaban J connectivity index is 2.10. The molecule has 0 aliphatic carbocycles. The summed E-state index contributed by atoms with van der Waals surface area (Å²) < 4.78 is 47.2. The summed E-state index contributed by atoms with van der Waals surface area (Å²) in [5.74, 6) is 0.214. The van der Waals surface area contributed by atoms with Crippen LogP contribution in [0.25, 0.3) is 0 Å². The molecule has 0 unspecified atom stereocenters. The summed E-state index contributed by atoms with van der Waals surface area (Å²) >= 11 is 0. The maximum absolute atomic E-state index is 12.3. The average molecular weight is 303 g/mol. The van der Waals surface area contributed by atoms with Crippen LogP contribution in [0.1, 0.15) is 29.3 Å². The fourth-order valence-corrected chi connectivity index (χ4v) is 2.07. The van der Waals surface area contributed by atoms with Gasteiger partial charge in [0.1, 0.15) is 5.75 Å². The normalized spacial score (nSPS) is 14.3. The third-order valence-electron chi connectivity index (χ3n) is 3.20. The zero-order chi connectivity index (χ0) is 15.5. The van der Waals surface area contributed by atoms with Crippen LogP contribution in [0.2, 0.25) is 0 Å². The molecule has 0 bridgehead atoms. The van der Waals surface area contributed by atoms with Crippen LogP contribution in [0.15, 0.2) is 18.2 Å². The minimum absolute atomic E-state index is 0.160. The highest BCUT2D eigenvalue weighted by Crippen LogP contribution is 2.25. The second kappa shape index (κ2) is 6.34. The molecule has 0 N–H and O–H groups in total. The number of carbonyl (C=O) groups excluding carboxylic acids is 1. The van der Waals surface area contributed by atoms with Gasteiger partial charge in [-0.25, -0.2) is 0 Å². The van der Waals surface area contributed by atoms with E-state index in [-0.39, 0.29) is 19.9 Å². The van der Waals surface area contributed by atoms with Gasteiger partial charge in [0.25, 0.3) is 5.91 Å². The monoisotopic (exact) mass is 303 g/mol. The minimum Gasteiger partial charge on any atom is -0.467 e. The molecular weight excluding hydrogens is 287 g/mol. The largest absolute Gasteiger partial charge is 0.467 e. The van der Waals surface area contributed by atoms with Crippen molar-refractivity contribution in [3.63, 3.8) is 0 Å². The Labute approximate surface area is 120 Å². The molecule has 0 saturated carbocycles. The smallest absolute Gasteiger partial charge is 0.390 e. The van der Waals surface area contributed by atoms with E-state index in [1.165, 1.54) is 4.90 Å². The van der Waals surface area contributed by atoms with Crippen LogP contribution in [0.4, 0.5) is 13.2 Å². The van der Waals surface area contributed by atoms with Crippen molar-refractivity contribution in [3.8, 4) is 5.75 Å². The molecule has 4 nitrogen and oxygen atoms in total. The molecule has 1 aromatic carbocycles. The lowest BCUT2D eigenvalue weighted by Gasteiger charge is -2.23. The lowest BCUT2D eigenvalue weighted by molar-refractivity contribution is -0.136. The number of carbonyl (C=O) groups is 1. The maximum Gasteiger partial charge on any atom is 0.390 e. The van der Waals surface area contributed by atoms with Gasteiger partial charge >= 0.3 is 6.18 Å². The summed E-state index contributed by atoms with van der Waals surface area (Å²) in [6.07, 6.45) is -5.28. The first-order valence-corrected chi connectivity index (χ1v) is 6.60. The molecule has 1 amide bonds. The number of nitrogens with zero attached hydrogens (tertiary/aromatic N) is 1. The Bertz CT molecular complexity index is 517. The predicted molar refractivity (Wildman–Crippen MR) is 69.0 cm³/mol. The number of benzene rings is 1. The van der Waals surface area contributed by atoms with Gasteiger partial charge in [0.05, 0.1) is 13.0 Å². The Morgan fingerprint density at radius 1 is 1.38 bits per heavy atom. The molecule has 0 aromatic heterocycles. The van der Waals surface area contributed by atoms with Crippen molar-refractivity contribution in [1.82, 2.24) is 4.90 Å². The van der Waals surface area contributed by atoms with Crippen LogP contribution in [-0.4, -0.2) is 36.9 Å². The molecule has 1 aromatic rings. The zero-order valence-electron chi connectivity index (χ0n) is 11.6. The van der Waals surface area contributed by atoms with E-state index in [1.807, 2.05) is 0 Å². The third kappa shape index (κ3) is 4.10. The van der Waals surface area contributed by atoms with Gasteiger partial charge in [0.15, 0.2) is 6.79 Å². The van der Waals surface area contributed by atoms with E-state index in [2.05, 4.69) is 0 Å². The standard InChI is InChI=1S/C14H16F3NO3/c1-2-18(6-5-14(15,16)17)13(19)10-3-4-12-11(7-10)8-20-9-21-12/h3-4,7H,2,5-6,8-9H2,1H3. The van der Waals surface area contributed by atoms with E-state index in [4.69, 9.17) is 9.47 Å². The minimum atomic E-state index is -4.27. The molecule has 2 rings (SSSR count). The summed E-state index contributed by atoms with van der Waals surface area (Å²) in [6.45, 7) is 2.01. The fourth-order valence-electron chi connectivity index (χ4n) is 2.07. The predicted octanol–water partition coefficient (Wildman–Crippen LogP) is 2.97. The molecule has 21 heavy (non-hydrogen) atoms. The highest BCUT2D eigenvalue weighted by atomic mass is 19.4. The van der Waals surface area contributed by atoms with Crippen LogP contribution in [-0.2, 0) is 11.3 Å². The quantitative estimate of drug-likeness (QED) is 0.858. The summed E-state index contributed by atoms with van der Waals surface area (Å²) in [5.41, 5.74) is 1.06. The molecule has 116 valence electrons. The first kappa shape index (κ1) is 15.6. The van der Waals surface area contributed by atoms with E-state index in [0.717, 1.165) is 5.56 Å². The van der Waals surface area contributed by atoms with Crippen molar-refractivity contribution < 1.29 is 27.4 Å². The van der Waals surface area contributed by atoms with Crippen molar-refractivity contribution in [1.29, 1.82) is 0 Å². The van der Waals surface area contributed by atoms with Gasteiger partial charge in [-0.3, -0.25) is 4.79 Å². The van der Waals surface area contributed by atoms with Gasteiger partial charge in [-0.1, -0.05) is 0 Å². The number of amides is 1. The Morgan fingerprint density at radius 2 is 2.14 bits per heavy atom. The second-order valence-corrected chi connectivity index (χ2v) is 4.68. The number of ether oxygens (including phenoxy) is 2. The van der Waals surface area contributed by atoms with Gasteiger partial charge < -0.3 is 14.4 Å². The van der Waals surface area contributed by atoms with Crippen molar-refractivity contribution in [2.75, 3.05) is 19.9 Å². The van der Waals surface area contributed by atoms with Crippen LogP contribution >= 0.6 is 0 Å². The lowest BCUT2D eigenvalue weighted by Crippen LogP contribution is -2.34. The molecule has 1 aliphatic rings. The highest BCUT2D eigenvalue weighted by molar-refractivity contribution is 5.94. The summed E-state index contributed by atoms with van der Waals surface area (Å²) in [6, 6.07) is 4.80. The number of hydrogen-bond acceptors (Lipinski definition) is 3. The molecule has 0 spiro atoms. The van der Waals surface area contributed by atoms with Crippen molar-refractivity contribution >= 4 is 5.91 Å². The van der Waals surface area contributed by atoms with Gasteiger partial charge in [0.2, 0.25) is 0 Å². The van der Waals surface area contributed by atoms with Crippen LogP contribution in [0, 0.1) is 0 Å². The summed E-state index contributed by atoms with van der Waals surface area (Å²) in [4.78, 5) is 13.4. The molecular formula is C14H16F3NO3. The van der Waals surface area contributed by atoms with Crippen molar-refractivity contribution in [3.05, 3.63) is 29.3 Å². The van der Waals surface area contributed by atoms with Crippen LogP contribution < -0.4 is 4.74 Å². The first-order chi connectivity index (χ1) is 9.90. The number of alkyl halides is 3. The molecule has 0 radical (unpaired) electrons. The molecule has 1 heterocycles. The third-order valence-corrected chi connectivity index (χ3v) is 3.20. The van der Waals surface area contributed by atoms with Gasteiger partial charge in [-0.15, -0.1) is 0 Å². The summed E-state index contributed by atoms with van der Waals surface area (Å²) in [5, 5.41) is 0. The van der Waals surface area contributed by atoms with Gasteiger partial charge in [-0.2, -0.15) is 13.2 Å². The average Bonchev–Trinajstić information content (AvgIpc) is 2.46. The van der Waals surface area contributed by atoms with E-state index < -0.39 is 18.5 Å². The Morgan fingerprint density at radius 3 is 2.81 bits per heavy atom. The van der Waals surface area contributed by atoms with Crippen molar-refractivity contribution in [2.45, 2.75) is 26.1 Å². The Hall–Kier alpha value is -1.76. The van der Waals surface area contributed by atoms with E-state index in [1.54, 1.807) is 25.1 Å². The zero-order valence-corrected chi connectivity index (χ0v) is 11.6. The van der Waals surface area contributed by atoms with E-state index >= 15 is 0 Å². The number of rotatable bonds is 4. The van der Waals surface area contributed by atoms with Gasteiger partial charge in [-0.05, 0) is 25.1 Å². The number of fused-ring (bicyclic) bond motifs is 1. The lowest BCUT2D eigenvalue weighted by atomic mass is 10.1. The van der Waals surface area contributed by atoms with Crippen LogP contribution in [0.5, 0.6) is 5.75 Å². The number of halogens is 3. The van der Waals surface area contributed by atoms with E-state index in [0.29, 0.717) is 17.9 Å². The van der Waals surface area contributed by atoms with Crippen molar-refractivity contribution in [2.24, 2.45) is 0 Å². The van der Waals surface area contributed by atoms with Gasteiger partial charge in [0, 0.05) is 24.2 Å². The summed E-state index contributed by atoms with van der Waals surface area (Å²) in [7, 11) is 0. The molecule has 0 fully saturated rings.